The van der Waals surface area contributed by atoms with Crippen LogP contribution in [0, 0.1) is 0 Å². The molecule has 1 saturated carbocycles. The van der Waals surface area contributed by atoms with Gasteiger partial charge in [0.2, 0.25) is 5.43 Å². The van der Waals surface area contributed by atoms with Gasteiger partial charge in [-0.1, -0.05) is 11.6 Å². The maximum Gasteiger partial charge on any atom is 0.341 e. The van der Waals surface area contributed by atoms with Crippen molar-refractivity contribution in [3.8, 4) is 5.75 Å². The SMILES string of the molecule is CC1(C)CCC(c2c(O)cc3c(=O)c(C(=O)O)cn(C4CC4)c3c2Cl)N1CCN. The summed E-state index contributed by atoms with van der Waals surface area (Å²) in [5, 5.41) is 20.8. The third-order valence-corrected chi connectivity index (χ3v) is 6.71. The predicted octanol–water partition coefficient (Wildman–Crippen LogP) is 3.27. The normalized spacial score (nSPS) is 21.7. The third kappa shape index (κ3) is 3.21. The number of nitrogens with two attached hydrogens (primary N) is 1. The largest absolute Gasteiger partial charge is 0.508 e. The number of aromatic hydroxyl groups is 1. The number of phenolic OH excluding ortho intramolecular Hbond substituents is 1. The quantitative estimate of drug-likeness (QED) is 0.686. The minimum absolute atomic E-state index is 0.0748. The Morgan fingerprint density at radius 2 is 2.03 bits per heavy atom. The number of aromatic nitrogens is 1. The average Bonchev–Trinajstić information content (AvgIpc) is 3.44. The van der Waals surface area contributed by atoms with Crippen LogP contribution in [0.5, 0.6) is 5.75 Å². The number of hydrogen-bond acceptors (Lipinski definition) is 5. The Bertz CT molecular complexity index is 1060. The summed E-state index contributed by atoms with van der Waals surface area (Å²) in [7, 11) is 0. The molecule has 4 rings (SSSR count). The lowest BCUT2D eigenvalue weighted by Crippen LogP contribution is -2.42. The highest BCUT2D eigenvalue weighted by Crippen LogP contribution is 2.49. The van der Waals surface area contributed by atoms with Crippen LogP contribution in [0.25, 0.3) is 10.9 Å². The number of carbonyl (C=O) groups is 1. The lowest BCUT2D eigenvalue weighted by atomic mass is 9.99. The summed E-state index contributed by atoms with van der Waals surface area (Å²) in [5.41, 5.74) is 5.92. The van der Waals surface area contributed by atoms with Gasteiger partial charge in [0.05, 0.1) is 15.9 Å². The molecular weight excluding hydrogens is 394 g/mol. The van der Waals surface area contributed by atoms with E-state index < -0.39 is 11.4 Å². The van der Waals surface area contributed by atoms with Crippen molar-refractivity contribution in [3.05, 3.63) is 38.6 Å². The summed E-state index contributed by atoms with van der Waals surface area (Å²) >= 11 is 6.84. The van der Waals surface area contributed by atoms with Crippen molar-refractivity contribution in [2.75, 3.05) is 13.1 Å². The first-order chi connectivity index (χ1) is 13.7. The van der Waals surface area contributed by atoms with Crippen molar-refractivity contribution in [1.82, 2.24) is 9.47 Å². The highest BCUT2D eigenvalue weighted by Gasteiger charge is 2.42. The Balaban J connectivity index is 1.98. The number of benzene rings is 1. The van der Waals surface area contributed by atoms with Crippen LogP contribution in [0.15, 0.2) is 17.1 Å². The van der Waals surface area contributed by atoms with Gasteiger partial charge in [0, 0.05) is 42.5 Å². The number of pyridine rings is 1. The molecule has 29 heavy (non-hydrogen) atoms. The molecule has 156 valence electrons. The number of carboxylic acids is 1. The smallest absolute Gasteiger partial charge is 0.341 e. The first kappa shape index (κ1) is 20.2. The van der Waals surface area contributed by atoms with E-state index in [1.165, 1.54) is 12.3 Å². The van der Waals surface area contributed by atoms with Gasteiger partial charge in [-0.25, -0.2) is 4.79 Å². The molecule has 7 nitrogen and oxygen atoms in total. The fourth-order valence-corrected chi connectivity index (χ4v) is 5.12. The molecule has 0 radical (unpaired) electrons. The monoisotopic (exact) mass is 419 g/mol. The molecule has 1 aromatic heterocycles. The Hall–Kier alpha value is -2.09. The number of fused-ring (bicyclic) bond motifs is 1. The Kier molecular flexibility index (Phi) is 4.88. The van der Waals surface area contributed by atoms with E-state index in [-0.39, 0.29) is 34.3 Å². The molecule has 1 atom stereocenters. The van der Waals surface area contributed by atoms with Gasteiger partial charge >= 0.3 is 5.97 Å². The summed E-state index contributed by atoms with van der Waals surface area (Å²) in [4.78, 5) is 26.6. The first-order valence-electron chi connectivity index (χ1n) is 9.97. The van der Waals surface area contributed by atoms with E-state index in [2.05, 4.69) is 18.7 Å². The molecule has 0 spiro atoms. The van der Waals surface area contributed by atoms with E-state index in [1.807, 2.05) is 0 Å². The number of carboxylic acid groups (broad SMARTS) is 1. The minimum atomic E-state index is -1.28. The Morgan fingerprint density at radius 1 is 1.34 bits per heavy atom. The average molecular weight is 420 g/mol. The molecule has 8 heteroatoms. The van der Waals surface area contributed by atoms with E-state index in [0.29, 0.717) is 29.2 Å². The van der Waals surface area contributed by atoms with Crippen molar-refractivity contribution in [2.24, 2.45) is 5.73 Å². The number of aromatic carboxylic acids is 1. The molecule has 2 aromatic rings. The molecular formula is C21H26ClN3O4. The fourth-order valence-electron chi connectivity index (χ4n) is 4.69. The van der Waals surface area contributed by atoms with Crippen molar-refractivity contribution in [3.63, 3.8) is 0 Å². The molecule has 2 heterocycles. The molecule has 1 saturated heterocycles. The number of phenols is 1. The maximum atomic E-state index is 12.8. The summed E-state index contributed by atoms with van der Waals surface area (Å²) in [5.74, 6) is -1.35. The van der Waals surface area contributed by atoms with Crippen molar-refractivity contribution in [1.29, 1.82) is 0 Å². The Morgan fingerprint density at radius 3 is 2.62 bits per heavy atom. The summed E-state index contributed by atoms with van der Waals surface area (Å²) in [6, 6.07) is 1.38. The van der Waals surface area contributed by atoms with E-state index in [0.717, 1.165) is 25.7 Å². The van der Waals surface area contributed by atoms with E-state index in [9.17, 15) is 19.8 Å². The van der Waals surface area contributed by atoms with Gasteiger partial charge in [0.1, 0.15) is 11.3 Å². The molecule has 4 N–H and O–H groups in total. The highest BCUT2D eigenvalue weighted by atomic mass is 35.5. The number of rotatable bonds is 5. The van der Waals surface area contributed by atoms with Crippen molar-refractivity contribution < 1.29 is 15.0 Å². The third-order valence-electron chi connectivity index (χ3n) is 6.33. The minimum Gasteiger partial charge on any atom is -0.508 e. The molecule has 1 aliphatic carbocycles. The van der Waals surface area contributed by atoms with Gasteiger partial charge in [-0.2, -0.15) is 0 Å². The van der Waals surface area contributed by atoms with Crippen molar-refractivity contribution >= 4 is 28.5 Å². The van der Waals surface area contributed by atoms with Gasteiger partial charge in [-0.05, 0) is 45.6 Å². The zero-order valence-corrected chi connectivity index (χ0v) is 17.4. The zero-order chi connectivity index (χ0) is 21.1. The molecule has 1 aromatic carbocycles. The second-order valence-corrected chi connectivity index (χ2v) is 9.06. The van der Waals surface area contributed by atoms with Gasteiger partial charge in [0.15, 0.2) is 0 Å². The zero-order valence-electron chi connectivity index (χ0n) is 16.6. The van der Waals surface area contributed by atoms with Crippen LogP contribution in [-0.2, 0) is 0 Å². The molecule has 0 bridgehead atoms. The molecule has 2 fully saturated rings. The number of halogens is 1. The number of likely N-dealkylation sites (tertiary alicyclic amines) is 1. The molecule has 2 aliphatic rings. The Labute approximate surface area is 173 Å². The summed E-state index contributed by atoms with van der Waals surface area (Å²) < 4.78 is 1.80. The van der Waals surface area contributed by atoms with Crippen LogP contribution in [0.3, 0.4) is 0 Å². The van der Waals surface area contributed by atoms with Crippen LogP contribution < -0.4 is 11.2 Å². The molecule has 0 amide bonds. The van der Waals surface area contributed by atoms with Crippen LogP contribution in [-0.4, -0.2) is 44.3 Å². The second kappa shape index (κ2) is 7.00. The van der Waals surface area contributed by atoms with E-state index in [4.69, 9.17) is 17.3 Å². The van der Waals surface area contributed by atoms with E-state index >= 15 is 0 Å². The lowest BCUT2D eigenvalue weighted by molar-refractivity contribution is 0.0694. The van der Waals surface area contributed by atoms with Gasteiger partial charge < -0.3 is 20.5 Å². The van der Waals surface area contributed by atoms with Gasteiger partial charge in [-0.15, -0.1) is 0 Å². The predicted molar refractivity (Wildman–Crippen MR) is 112 cm³/mol. The summed E-state index contributed by atoms with van der Waals surface area (Å²) in [6.07, 6.45) is 4.94. The van der Waals surface area contributed by atoms with Crippen LogP contribution >= 0.6 is 11.6 Å². The van der Waals surface area contributed by atoms with Crippen molar-refractivity contribution in [2.45, 2.75) is 57.2 Å². The molecule has 1 unspecified atom stereocenters. The standard InChI is InChI=1S/C21H26ClN3O4/c1-21(2)6-5-14(25(21)8-7-23)16-15(26)9-12-18(17(16)22)24(11-3-4-11)10-13(19(12)27)20(28)29/h9-11,14,26H,3-8,23H2,1-2H3,(H,28,29). The molecule has 1 aliphatic heterocycles. The van der Waals surface area contributed by atoms with Crippen LogP contribution in [0.2, 0.25) is 5.02 Å². The van der Waals surface area contributed by atoms with E-state index in [1.54, 1.807) is 4.57 Å². The second-order valence-electron chi connectivity index (χ2n) is 8.68. The fraction of sp³-hybridized carbons (Fsp3) is 0.524. The van der Waals surface area contributed by atoms with Gasteiger partial charge in [-0.3, -0.25) is 9.69 Å². The summed E-state index contributed by atoms with van der Waals surface area (Å²) in [6.45, 7) is 5.45. The lowest BCUT2D eigenvalue weighted by Gasteiger charge is -2.36. The maximum absolute atomic E-state index is 12.8. The number of nitrogens with zero attached hydrogens (tertiary/aromatic N) is 2. The topological polar surface area (TPSA) is 109 Å². The highest BCUT2D eigenvalue weighted by molar-refractivity contribution is 6.36. The number of hydrogen-bond donors (Lipinski definition) is 3. The van der Waals surface area contributed by atoms with Gasteiger partial charge in [0.25, 0.3) is 0 Å². The van der Waals surface area contributed by atoms with Crippen LogP contribution in [0.1, 0.15) is 67.5 Å². The van der Waals surface area contributed by atoms with Crippen LogP contribution in [0.4, 0.5) is 0 Å². The first-order valence-corrected chi connectivity index (χ1v) is 10.4.